The van der Waals surface area contributed by atoms with Gasteiger partial charge < -0.3 is 16.4 Å². The maximum absolute atomic E-state index is 11.9. The fourth-order valence-electron chi connectivity index (χ4n) is 1.59. The summed E-state index contributed by atoms with van der Waals surface area (Å²) in [4.78, 5) is 11.9. The molecule has 100 valence electrons. The Morgan fingerprint density at radius 3 is 2.65 bits per heavy atom. The molecule has 0 radical (unpaired) electrons. The van der Waals surface area contributed by atoms with Gasteiger partial charge in [0.05, 0.1) is 17.3 Å². The van der Waals surface area contributed by atoms with Crippen LogP contribution in [-0.2, 0) is 0 Å². The van der Waals surface area contributed by atoms with E-state index < -0.39 is 0 Å². The van der Waals surface area contributed by atoms with E-state index in [1.54, 1.807) is 42.5 Å². The van der Waals surface area contributed by atoms with Gasteiger partial charge in [0.1, 0.15) is 0 Å². The first-order valence-electron chi connectivity index (χ1n) is 5.71. The lowest BCUT2D eigenvalue weighted by atomic mass is 10.2. The third-order valence-electron chi connectivity index (χ3n) is 2.49. The number of hydrogen-bond donors (Lipinski definition) is 3. The molecule has 0 saturated heterocycles. The minimum Gasteiger partial charge on any atom is -0.399 e. The third-order valence-corrected chi connectivity index (χ3v) is 3.15. The Hall–Kier alpha value is -2.52. The Labute approximate surface area is 124 Å². The van der Waals surface area contributed by atoms with Gasteiger partial charge in [-0.25, -0.2) is 4.79 Å². The standard InChI is InChI=1S/C14H11BrN4O/c15-12-6-9(8-16)4-5-13(12)19-14(20)18-11-3-1-2-10(17)7-11/h1-7H,17H2,(H2,18,19,20). The molecule has 5 nitrogen and oxygen atoms in total. The third kappa shape index (κ3) is 3.49. The molecule has 0 aliphatic heterocycles. The van der Waals surface area contributed by atoms with E-state index in [1.165, 1.54) is 0 Å². The summed E-state index contributed by atoms with van der Waals surface area (Å²) < 4.78 is 0.638. The summed E-state index contributed by atoms with van der Waals surface area (Å²) in [6, 6.07) is 13.4. The van der Waals surface area contributed by atoms with Gasteiger partial charge in [-0.15, -0.1) is 0 Å². The van der Waals surface area contributed by atoms with Crippen LogP contribution in [0.1, 0.15) is 5.56 Å². The molecule has 2 amide bonds. The van der Waals surface area contributed by atoms with Crippen LogP contribution >= 0.6 is 15.9 Å². The lowest BCUT2D eigenvalue weighted by Crippen LogP contribution is -2.19. The highest BCUT2D eigenvalue weighted by Crippen LogP contribution is 2.23. The molecule has 2 aromatic carbocycles. The van der Waals surface area contributed by atoms with E-state index in [-0.39, 0.29) is 6.03 Å². The Balaban J connectivity index is 2.07. The van der Waals surface area contributed by atoms with Gasteiger partial charge in [0.25, 0.3) is 0 Å². The normalized spacial score (nSPS) is 9.60. The second kappa shape index (κ2) is 6.08. The minimum atomic E-state index is -0.388. The molecule has 4 N–H and O–H groups in total. The van der Waals surface area contributed by atoms with Crippen LogP contribution in [0.2, 0.25) is 0 Å². The first kappa shape index (κ1) is 13.9. The lowest BCUT2D eigenvalue weighted by molar-refractivity contribution is 0.262. The van der Waals surface area contributed by atoms with E-state index in [1.807, 2.05) is 6.07 Å². The molecular formula is C14H11BrN4O. The molecule has 6 heteroatoms. The van der Waals surface area contributed by atoms with E-state index in [4.69, 9.17) is 11.0 Å². The topological polar surface area (TPSA) is 90.9 Å². The van der Waals surface area contributed by atoms with Gasteiger partial charge in [-0.1, -0.05) is 6.07 Å². The average molecular weight is 331 g/mol. The van der Waals surface area contributed by atoms with Gasteiger partial charge in [-0.2, -0.15) is 5.26 Å². The minimum absolute atomic E-state index is 0.388. The van der Waals surface area contributed by atoms with Gasteiger partial charge in [0, 0.05) is 15.8 Å². The zero-order valence-corrected chi connectivity index (χ0v) is 11.9. The molecule has 0 unspecified atom stereocenters. The number of nitriles is 1. The van der Waals surface area contributed by atoms with Crippen molar-refractivity contribution in [3.05, 3.63) is 52.5 Å². The number of rotatable bonds is 2. The van der Waals surface area contributed by atoms with Crippen molar-refractivity contribution in [2.75, 3.05) is 16.4 Å². The molecule has 0 aliphatic carbocycles. The predicted molar refractivity (Wildman–Crippen MR) is 82.4 cm³/mol. The first-order chi connectivity index (χ1) is 9.58. The van der Waals surface area contributed by atoms with Crippen LogP contribution in [0, 0.1) is 11.3 Å². The largest absolute Gasteiger partial charge is 0.399 e. The Bertz CT molecular complexity index is 694. The fraction of sp³-hybridized carbons (Fsp3) is 0. The van der Waals surface area contributed by atoms with Gasteiger partial charge in [0.15, 0.2) is 0 Å². The van der Waals surface area contributed by atoms with E-state index in [9.17, 15) is 4.79 Å². The smallest absolute Gasteiger partial charge is 0.323 e. The van der Waals surface area contributed by atoms with Crippen molar-refractivity contribution < 1.29 is 4.79 Å². The summed E-state index contributed by atoms with van der Waals surface area (Å²) >= 11 is 3.30. The van der Waals surface area contributed by atoms with Crippen LogP contribution in [0.3, 0.4) is 0 Å². The van der Waals surface area contributed by atoms with Crippen molar-refractivity contribution in [3.8, 4) is 6.07 Å². The molecule has 0 aromatic heterocycles. The van der Waals surface area contributed by atoms with Crippen LogP contribution in [0.25, 0.3) is 0 Å². The molecule has 0 saturated carbocycles. The second-order valence-corrected chi connectivity index (χ2v) is 4.87. The number of nitrogen functional groups attached to an aromatic ring is 1. The highest BCUT2D eigenvalue weighted by atomic mass is 79.9. The van der Waals surface area contributed by atoms with Crippen molar-refractivity contribution >= 4 is 39.0 Å². The lowest BCUT2D eigenvalue weighted by Gasteiger charge is -2.09. The van der Waals surface area contributed by atoms with E-state index in [0.29, 0.717) is 27.1 Å². The average Bonchev–Trinajstić information content (AvgIpc) is 2.41. The molecule has 20 heavy (non-hydrogen) atoms. The summed E-state index contributed by atoms with van der Waals surface area (Å²) in [6.45, 7) is 0. The molecule has 0 spiro atoms. The maximum atomic E-state index is 11.9. The maximum Gasteiger partial charge on any atom is 0.323 e. The molecule has 0 heterocycles. The number of halogens is 1. The van der Waals surface area contributed by atoms with E-state index >= 15 is 0 Å². The van der Waals surface area contributed by atoms with Crippen LogP contribution < -0.4 is 16.4 Å². The number of nitrogens with one attached hydrogen (secondary N) is 2. The molecule has 0 bridgehead atoms. The monoisotopic (exact) mass is 330 g/mol. The molecule has 0 atom stereocenters. The van der Waals surface area contributed by atoms with Crippen molar-refractivity contribution in [1.82, 2.24) is 0 Å². The number of hydrogen-bond acceptors (Lipinski definition) is 3. The fourth-order valence-corrected chi connectivity index (χ4v) is 2.07. The van der Waals surface area contributed by atoms with Crippen molar-refractivity contribution in [2.45, 2.75) is 0 Å². The summed E-state index contributed by atoms with van der Waals surface area (Å²) in [5.74, 6) is 0. The quantitative estimate of drug-likeness (QED) is 0.735. The van der Waals surface area contributed by atoms with Crippen LogP contribution in [0.15, 0.2) is 46.9 Å². The van der Waals surface area contributed by atoms with Gasteiger partial charge in [-0.3, -0.25) is 0 Å². The van der Waals surface area contributed by atoms with Crippen LogP contribution in [0.5, 0.6) is 0 Å². The number of benzene rings is 2. The number of anilines is 3. The molecule has 2 aromatic rings. The summed E-state index contributed by atoms with van der Waals surface area (Å²) in [5, 5.41) is 14.1. The Kier molecular flexibility index (Phi) is 4.23. The number of nitrogens with two attached hydrogens (primary N) is 1. The van der Waals surface area contributed by atoms with Gasteiger partial charge >= 0.3 is 6.03 Å². The highest BCUT2D eigenvalue weighted by Gasteiger charge is 2.06. The molecule has 0 aliphatic rings. The van der Waals surface area contributed by atoms with Crippen LogP contribution in [0.4, 0.5) is 21.9 Å². The zero-order chi connectivity index (χ0) is 14.5. The Morgan fingerprint density at radius 2 is 2.00 bits per heavy atom. The van der Waals surface area contributed by atoms with E-state index in [2.05, 4.69) is 26.6 Å². The number of nitrogens with zero attached hydrogens (tertiary/aromatic N) is 1. The van der Waals surface area contributed by atoms with Crippen molar-refractivity contribution in [3.63, 3.8) is 0 Å². The van der Waals surface area contributed by atoms with Crippen LogP contribution in [-0.4, -0.2) is 6.03 Å². The number of carbonyl (C=O) groups is 1. The van der Waals surface area contributed by atoms with Crippen molar-refractivity contribution in [1.29, 1.82) is 5.26 Å². The Morgan fingerprint density at radius 1 is 1.20 bits per heavy atom. The number of amides is 2. The van der Waals surface area contributed by atoms with Crippen molar-refractivity contribution in [2.24, 2.45) is 0 Å². The zero-order valence-electron chi connectivity index (χ0n) is 10.4. The summed E-state index contributed by atoms with van der Waals surface area (Å²) in [6.07, 6.45) is 0. The van der Waals surface area contributed by atoms with Gasteiger partial charge in [-0.05, 0) is 52.3 Å². The predicted octanol–water partition coefficient (Wildman–Crippen LogP) is 3.55. The molecular weight excluding hydrogens is 320 g/mol. The first-order valence-corrected chi connectivity index (χ1v) is 6.51. The van der Waals surface area contributed by atoms with Gasteiger partial charge in [0.2, 0.25) is 0 Å². The highest BCUT2D eigenvalue weighted by molar-refractivity contribution is 9.10. The van der Waals surface area contributed by atoms with E-state index in [0.717, 1.165) is 0 Å². The molecule has 2 rings (SSSR count). The second-order valence-electron chi connectivity index (χ2n) is 4.01. The molecule has 0 fully saturated rings. The SMILES string of the molecule is N#Cc1ccc(NC(=O)Nc2cccc(N)c2)c(Br)c1. The summed E-state index contributed by atoms with van der Waals surface area (Å²) in [7, 11) is 0. The number of urea groups is 1. The summed E-state index contributed by atoms with van der Waals surface area (Å²) in [5.41, 5.74) is 7.90. The number of carbonyl (C=O) groups excluding carboxylic acids is 1.